The normalized spacial score (nSPS) is 11.3. The highest BCUT2D eigenvalue weighted by Gasteiger charge is 2.19. The van der Waals surface area contributed by atoms with Gasteiger partial charge < -0.3 is 14.8 Å². The van der Waals surface area contributed by atoms with Crippen molar-refractivity contribution in [1.29, 1.82) is 0 Å². The lowest BCUT2D eigenvalue weighted by Gasteiger charge is -2.08. The Hall–Kier alpha value is -2.55. The van der Waals surface area contributed by atoms with Crippen molar-refractivity contribution < 1.29 is 23.4 Å². The molecule has 0 aliphatic heterocycles. The van der Waals surface area contributed by atoms with Crippen LogP contribution in [0.3, 0.4) is 0 Å². The number of nitrogens with zero attached hydrogens (tertiary/aromatic N) is 2. The minimum atomic E-state index is -3.95. The second-order valence-corrected chi connectivity index (χ2v) is 5.81. The zero-order valence-electron chi connectivity index (χ0n) is 11.0. The molecule has 0 unspecified atom stereocenters. The summed E-state index contributed by atoms with van der Waals surface area (Å²) < 4.78 is 27.9. The third-order valence-corrected chi connectivity index (χ3v) is 3.99. The number of nitrogens with one attached hydrogen (secondary N) is 1. The third kappa shape index (κ3) is 3.14. The van der Waals surface area contributed by atoms with Crippen molar-refractivity contribution in [1.82, 2.24) is 9.55 Å². The number of phenols is 1. The van der Waals surface area contributed by atoms with E-state index in [0.717, 1.165) is 6.07 Å². The zero-order valence-corrected chi connectivity index (χ0v) is 11.8. The number of sulfonamides is 1. The second kappa shape index (κ2) is 5.44. The lowest BCUT2D eigenvalue weighted by molar-refractivity contribution is 0.0696. The molecule has 112 valence electrons. The van der Waals surface area contributed by atoms with Crippen molar-refractivity contribution in [3.63, 3.8) is 0 Å². The molecule has 0 spiro atoms. The number of rotatable bonds is 5. The molecule has 0 saturated heterocycles. The van der Waals surface area contributed by atoms with Gasteiger partial charge >= 0.3 is 5.97 Å². The number of hydrogen-bond acceptors (Lipinski definition) is 5. The van der Waals surface area contributed by atoms with Gasteiger partial charge in [0.2, 0.25) is 0 Å². The Morgan fingerprint density at radius 3 is 2.67 bits per heavy atom. The molecule has 0 aliphatic rings. The Balaban J connectivity index is 2.30. The van der Waals surface area contributed by atoms with Crippen molar-refractivity contribution in [2.45, 2.75) is 18.5 Å². The lowest BCUT2D eigenvalue weighted by atomic mass is 10.2. The van der Waals surface area contributed by atoms with Crippen molar-refractivity contribution in [2.75, 3.05) is 4.72 Å². The first-order valence-corrected chi connectivity index (χ1v) is 7.42. The quantitative estimate of drug-likeness (QED) is 0.711. The van der Waals surface area contributed by atoms with E-state index in [4.69, 9.17) is 5.11 Å². The fourth-order valence-electron chi connectivity index (χ4n) is 1.60. The first kappa shape index (κ1) is 14.9. The molecule has 1 aromatic carbocycles. The molecule has 0 bridgehead atoms. The number of benzene rings is 1. The molecule has 1 heterocycles. The molecule has 0 atom stereocenters. The summed E-state index contributed by atoms with van der Waals surface area (Å²) in [6.07, 6.45) is 2.73. The summed E-state index contributed by atoms with van der Waals surface area (Å²) in [5.41, 5.74) is -0.267. The molecule has 0 saturated carbocycles. The Kier molecular flexibility index (Phi) is 3.85. The van der Waals surface area contributed by atoms with Crippen molar-refractivity contribution in [3.05, 3.63) is 36.3 Å². The van der Waals surface area contributed by atoms with Gasteiger partial charge in [-0.1, -0.05) is 0 Å². The first-order valence-electron chi connectivity index (χ1n) is 5.94. The highest BCUT2D eigenvalue weighted by atomic mass is 32.2. The molecule has 9 heteroatoms. The van der Waals surface area contributed by atoms with Crippen LogP contribution in [0.5, 0.6) is 5.75 Å². The van der Waals surface area contributed by atoms with Crippen LogP contribution < -0.4 is 4.72 Å². The van der Waals surface area contributed by atoms with Gasteiger partial charge in [-0.05, 0) is 25.1 Å². The average molecular weight is 311 g/mol. The Labute approximate surface area is 120 Å². The number of aromatic nitrogens is 2. The van der Waals surface area contributed by atoms with Gasteiger partial charge in [-0.15, -0.1) is 0 Å². The number of carbonyl (C=O) groups is 1. The maximum absolute atomic E-state index is 12.1. The van der Waals surface area contributed by atoms with Gasteiger partial charge in [0.05, 0.1) is 17.6 Å². The summed E-state index contributed by atoms with van der Waals surface area (Å²) in [6.45, 7) is 2.41. The van der Waals surface area contributed by atoms with E-state index in [2.05, 4.69) is 9.71 Å². The van der Waals surface area contributed by atoms with Crippen LogP contribution in [-0.2, 0) is 16.6 Å². The minimum absolute atomic E-state index is 0.119. The van der Waals surface area contributed by atoms with E-state index in [0.29, 0.717) is 6.54 Å². The van der Waals surface area contributed by atoms with Crippen LogP contribution in [0.4, 0.5) is 5.69 Å². The van der Waals surface area contributed by atoms with E-state index in [-0.39, 0.29) is 16.3 Å². The molecule has 0 aliphatic carbocycles. The molecule has 21 heavy (non-hydrogen) atoms. The largest absolute Gasteiger partial charge is 0.506 e. The van der Waals surface area contributed by atoms with Gasteiger partial charge in [0.15, 0.2) is 5.03 Å². The van der Waals surface area contributed by atoms with Crippen LogP contribution in [0, 0.1) is 0 Å². The highest BCUT2D eigenvalue weighted by molar-refractivity contribution is 7.92. The fraction of sp³-hybridized carbons (Fsp3) is 0.167. The predicted octanol–water partition coefficient (Wildman–Crippen LogP) is 1.11. The Morgan fingerprint density at radius 1 is 1.43 bits per heavy atom. The molecule has 3 N–H and O–H groups in total. The third-order valence-electron chi connectivity index (χ3n) is 2.74. The zero-order chi connectivity index (χ0) is 15.6. The maximum Gasteiger partial charge on any atom is 0.335 e. The van der Waals surface area contributed by atoms with Gasteiger partial charge in [0.25, 0.3) is 10.0 Å². The molecular formula is C12H13N3O5S. The number of anilines is 1. The molecule has 0 radical (unpaired) electrons. The summed E-state index contributed by atoms with van der Waals surface area (Å²) in [5.74, 6) is -1.70. The smallest absolute Gasteiger partial charge is 0.335 e. The van der Waals surface area contributed by atoms with Crippen LogP contribution in [0.1, 0.15) is 17.3 Å². The Bertz CT molecular complexity index is 782. The predicted molar refractivity (Wildman–Crippen MR) is 73.8 cm³/mol. The topological polar surface area (TPSA) is 122 Å². The molecule has 2 rings (SSSR count). The Morgan fingerprint density at radius 2 is 2.14 bits per heavy atom. The summed E-state index contributed by atoms with van der Waals surface area (Å²) in [4.78, 5) is 14.5. The van der Waals surface area contributed by atoms with E-state index in [1.807, 2.05) is 6.92 Å². The standard InChI is InChI=1S/C12H13N3O5S/c1-2-15-6-11(13-7-15)21(19,20)14-9-4-3-8(12(17)18)5-10(9)16/h3-7,14,16H,2H2,1H3,(H,17,18). The lowest BCUT2D eigenvalue weighted by Crippen LogP contribution is -2.13. The van der Waals surface area contributed by atoms with Gasteiger partial charge in [0, 0.05) is 12.7 Å². The average Bonchev–Trinajstić information content (AvgIpc) is 2.90. The fourth-order valence-corrected chi connectivity index (χ4v) is 2.63. The summed E-state index contributed by atoms with van der Waals surface area (Å²) >= 11 is 0. The van der Waals surface area contributed by atoms with Gasteiger partial charge in [0.1, 0.15) is 5.75 Å². The number of phenolic OH excluding ortho intramolecular Hbond substituents is 1. The van der Waals surface area contributed by atoms with Crippen LogP contribution in [0.15, 0.2) is 35.7 Å². The van der Waals surface area contributed by atoms with Crippen molar-refractivity contribution in [3.8, 4) is 5.75 Å². The van der Waals surface area contributed by atoms with E-state index >= 15 is 0 Å². The number of carboxylic acid groups (broad SMARTS) is 1. The van der Waals surface area contributed by atoms with Crippen LogP contribution >= 0.6 is 0 Å². The number of aromatic hydroxyl groups is 1. The first-order chi connectivity index (χ1) is 9.83. The van der Waals surface area contributed by atoms with E-state index < -0.39 is 21.7 Å². The van der Waals surface area contributed by atoms with Crippen LogP contribution in [0.2, 0.25) is 0 Å². The van der Waals surface area contributed by atoms with Crippen LogP contribution in [0.25, 0.3) is 0 Å². The summed E-state index contributed by atoms with van der Waals surface area (Å²) in [5, 5.41) is 18.3. The van der Waals surface area contributed by atoms with Gasteiger partial charge in [-0.3, -0.25) is 4.72 Å². The van der Waals surface area contributed by atoms with E-state index in [1.165, 1.54) is 24.7 Å². The molecule has 8 nitrogen and oxygen atoms in total. The van der Waals surface area contributed by atoms with Gasteiger partial charge in [-0.2, -0.15) is 8.42 Å². The number of aromatic carboxylic acids is 1. The van der Waals surface area contributed by atoms with E-state index in [9.17, 15) is 18.3 Å². The molecule has 0 fully saturated rings. The molecule has 2 aromatic rings. The molecule has 1 aromatic heterocycles. The van der Waals surface area contributed by atoms with Gasteiger partial charge in [-0.25, -0.2) is 9.78 Å². The van der Waals surface area contributed by atoms with Crippen molar-refractivity contribution in [2.24, 2.45) is 0 Å². The minimum Gasteiger partial charge on any atom is -0.506 e. The monoisotopic (exact) mass is 311 g/mol. The maximum atomic E-state index is 12.1. The number of imidazole rings is 1. The second-order valence-electron chi connectivity index (χ2n) is 4.18. The SMILES string of the molecule is CCn1cnc(S(=O)(=O)Nc2ccc(C(=O)O)cc2O)c1. The number of hydrogen-bond donors (Lipinski definition) is 3. The highest BCUT2D eigenvalue weighted by Crippen LogP contribution is 2.26. The summed E-state index contributed by atoms with van der Waals surface area (Å²) in [6, 6.07) is 3.32. The summed E-state index contributed by atoms with van der Waals surface area (Å²) in [7, 11) is -3.95. The van der Waals surface area contributed by atoms with Crippen molar-refractivity contribution >= 4 is 21.7 Å². The molecular weight excluding hydrogens is 298 g/mol. The number of aryl methyl sites for hydroxylation is 1. The van der Waals surface area contributed by atoms with E-state index in [1.54, 1.807) is 4.57 Å². The molecule has 0 amide bonds. The number of carboxylic acids is 1. The van der Waals surface area contributed by atoms with Crippen LogP contribution in [-0.4, -0.2) is 34.2 Å².